The number of piperazine rings is 1. The molecule has 0 bridgehead atoms. The fraction of sp³-hybridized carbons (Fsp3) is 0.500. The monoisotopic (exact) mass is 247 g/mol. The summed E-state index contributed by atoms with van der Waals surface area (Å²) in [6.07, 6.45) is 0. The molecule has 1 aliphatic heterocycles. The molecule has 1 fully saturated rings. The average Bonchev–Trinajstić information content (AvgIpc) is 2.40. The molecule has 1 amide bonds. The Kier molecular flexibility index (Phi) is 4.20. The van der Waals surface area contributed by atoms with Gasteiger partial charge in [0.2, 0.25) is 0 Å². The number of carbonyl (C=O) groups is 1. The van der Waals surface area contributed by atoms with Gasteiger partial charge in [0, 0.05) is 44.0 Å². The first kappa shape index (κ1) is 12.9. The maximum absolute atomic E-state index is 11.8. The summed E-state index contributed by atoms with van der Waals surface area (Å²) in [7, 11) is 2.14. The molecule has 0 radical (unpaired) electrons. The van der Waals surface area contributed by atoms with Gasteiger partial charge in [-0.25, -0.2) is 0 Å². The third kappa shape index (κ3) is 3.01. The molecule has 0 spiro atoms. The van der Waals surface area contributed by atoms with Gasteiger partial charge in [0.15, 0.2) is 0 Å². The Hall–Kier alpha value is -1.55. The molecular formula is C14H21N3O. The van der Waals surface area contributed by atoms with Crippen molar-refractivity contribution in [1.82, 2.24) is 10.2 Å². The van der Waals surface area contributed by atoms with Crippen LogP contribution in [0.2, 0.25) is 0 Å². The van der Waals surface area contributed by atoms with Crippen molar-refractivity contribution in [2.75, 3.05) is 44.7 Å². The van der Waals surface area contributed by atoms with Crippen LogP contribution in [-0.2, 0) is 0 Å². The van der Waals surface area contributed by atoms with E-state index in [2.05, 4.69) is 28.2 Å². The summed E-state index contributed by atoms with van der Waals surface area (Å²) in [6.45, 7) is 6.79. The Balaban J connectivity index is 2.09. The molecule has 18 heavy (non-hydrogen) atoms. The molecule has 4 heteroatoms. The number of likely N-dealkylation sites (N-methyl/N-ethyl adjacent to an activating group) is 1. The minimum absolute atomic E-state index is 0.00785. The van der Waals surface area contributed by atoms with Crippen molar-refractivity contribution in [3.8, 4) is 0 Å². The van der Waals surface area contributed by atoms with Crippen LogP contribution in [0.25, 0.3) is 0 Å². The molecule has 1 saturated heterocycles. The molecule has 0 atom stereocenters. The highest BCUT2D eigenvalue weighted by molar-refractivity contribution is 5.95. The molecule has 2 rings (SSSR count). The van der Waals surface area contributed by atoms with E-state index >= 15 is 0 Å². The average molecular weight is 247 g/mol. The number of amides is 1. The summed E-state index contributed by atoms with van der Waals surface area (Å²) >= 11 is 0. The molecule has 0 aliphatic carbocycles. The third-order valence-corrected chi connectivity index (χ3v) is 3.31. The molecule has 1 aromatic rings. The SMILES string of the molecule is CCNC(=O)c1cccc(N2CCN(C)CC2)c1. The van der Waals surface area contributed by atoms with Gasteiger partial charge in [0.1, 0.15) is 0 Å². The van der Waals surface area contributed by atoms with Crippen molar-refractivity contribution in [3.05, 3.63) is 29.8 Å². The lowest BCUT2D eigenvalue weighted by Crippen LogP contribution is -2.44. The second-order valence-electron chi connectivity index (χ2n) is 4.70. The maximum atomic E-state index is 11.8. The molecule has 1 aliphatic rings. The summed E-state index contributed by atoms with van der Waals surface area (Å²) in [4.78, 5) is 16.5. The second-order valence-corrected chi connectivity index (χ2v) is 4.70. The van der Waals surface area contributed by atoms with Gasteiger partial charge in [0.05, 0.1) is 0 Å². The van der Waals surface area contributed by atoms with E-state index in [1.165, 1.54) is 0 Å². The first-order chi connectivity index (χ1) is 8.70. The van der Waals surface area contributed by atoms with Gasteiger partial charge in [-0.1, -0.05) is 6.07 Å². The quantitative estimate of drug-likeness (QED) is 0.871. The summed E-state index contributed by atoms with van der Waals surface area (Å²) in [5.74, 6) is 0.00785. The number of nitrogens with one attached hydrogen (secondary N) is 1. The van der Waals surface area contributed by atoms with Crippen LogP contribution in [0.4, 0.5) is 5.69 Å². The minimum atomic E-state index is 0.00785. The van der Waals surface area contributed by atoms with Crippen LogP contribution in [0.1, 0.15) is 17.3 Å². The van der Waals surface area contributed by atoms with E-state index in [1.807, 2.05) is 25.1 Å². The normalized spacial score (nSPS) is 16.7. The van der Waals surface area contributed by atoms with Crippen molar-refractivity contribution >= 4 is 11.6 Å². The van der Waals surface area contributed by atoms with Crippen molar-refractivity contribution in [2.24, 2.45) is 0 Å². The van der Waals surface area contributed by atoms with E-state index in [0.29, 0.717) is 6.54 Å². The van der Waals surface area contributed by atoms with Crippen LogP contribution in [0, 0.1) is 0 Å². The molecule has 1 aromatic carbocycles. The maximum Gasteiger partial charge on any atom is 0.251 e. The number of anilines is 1. The van der Waals surface area contributed by atoms with E-state index < -0.39 is 0 Å². The van der Waals surface area contributed by atoms with Gasteiger partial charge >= 0.3 is 0 Å². The Morgan fingerprint density at radius 1 is 1.28 bits per heavy atom. The van der Waals surface area contributed by atoms with E-state index in [9.17, 15) is 4.79 Å². The number of nitrogens with zero attached hydrogens (tertiary/aromatic N) is 2. The Labute approximate surface area is 109 Å². The van der Waals surface area contributed by atoms with Gasteiger partial charge in [-0.3, -0.25) is 4.79 Å². The van der Waals surface area contributed by atoms with E-state index in [-0.39, 0.29) is 5.91 Å². The first-order valence-corrected chi connectivity index (χ1v) is 6.52. The van der Waals surface area contributed by atoms with Gasteiger partial charge < -0.3 is 15.1 Å². The van der Waals surface area contributed by atoms with Crippen LogP contribution in [0.5, 0.6) is 0 Å². The van der Waals surface area contributed by atoms with E-state index in [0.717, 1.165) is 37.4 Å². The molecule has 98 valence electrons. The number of hydrogen-bond donors (Lipinski definition) is 1. The van der Waals surface area contributed by atoms with Crippen molar-refractivity contribution in [3.63, 3.8) is 0 Å². The van der Waals surface area contributed by atoms with Gasteiger partial charge in [0.25, 0.3) is 5.91 Å². The topological polar surface area (TPSA) is 35.6 Å². The summed E-state index contributed by atoms with van der Waals surface area (Å²) in [5.41, 5.74) is 1.89. The van der Waals surface area contributed by atoms with Crippen LogP contribution < -0.4 is 10.2 Å². The highest BCUT2D eigenvalue weighted by Gasteiger charge is 2.15. The number of rotatable bonds is 3. The number of carbonyl (C=O) groups excluding carboxylic acids is 1. The standard InChI is InChI=1S/C14H21N3O/c1-3-15-14(18)12-5-4-6-13(11-12)17-9-7-16(2)8-10-17/h4-6,11H,3,7-10H2,1-2H3,(H,15,18). The Morgan fingerprint density at radius 3 is 2.67 bits per heavy atom. The predicted octanol–water partition coefficient (Wildman–Crippen LogP) is 1.19. The molecule has 1 heterocycles. The molecule has 0 aromatic heterocycles. The number of hydrogen-bond acceptors (Lipinski definition) is 3. The van der Waals surface area contributed by atoms with Gasteiger partial charge in [-0.2, -0.15) is 0 Å². The van der Waals surface area contributed by atoms with Crippen LogP contribution >= 0.6 is 0 Å². The zero-order chi connectivity index (χ0) is 13.0. The lowest BCUT2D eigenvalue weighted by molar-refractivity contribution is 0.0956. The fourth-order valence-electron chi connectivity index (χ4n) is 2.17. The molecular weight excluding hydrogens is 226 g/mol. The zero-order valence-electron chi connectivity index (χ0n) is 11.1. The predicted molar refractivity (Wildman–Crippen MR) is 74.2 cm³/mol. The summed E-state index contributed by atoms with van der Waals surface area (Å²) in [5, 5.41) is 2.83. The van der Waals surface area contributed by atoms with Crippen molar-refractivity contribution < 1.29 is 4.79 Å². The lowest BCUT2D eigenvalue weighted by Gasteiger charge is -2.34. The van der Waals surface area contributed by atoms with Crippen molar-refractivity contribution in [1.29, 1.82) is 0 Å². The van der Waals surface area contributed by atoms with Crippen LogP contribution in [0.3, 0.4) is 0 Å². The largest absolute Gasteiger partial charge is 0.369 e. The smallest absolute Gasteiger partial charge is 0.251 e. The van der Waals surface area contributed by atoms with E-state index in [4.69, 9.17) is 0 Å². The van der Waals surface area contributed by atoms with Crippen LogP contribution in [-0.4, -0.2) is 50.6 Å². The molecule has 1 N–H and O–H groups in total. The van der Waals surface area contributed by atoms with Crippen molar-refractivity contribution in [2.45, 2.75) is 6.92 Å². The minimum Gasteiger partial charge on any atom is -0.369 e. The van der Waals surface area contributed by atoms with Crippen LogP contribution in [0.15, 0.2) is 24.3 Å². The lowest BCUT2D eigenvalue weighted by atomic mass is 10.1. The van der Waals surface area contributed by atoms with E-state index in [1.54, 1.807) is 0 Å². The fourth-order valence-corrected chi connectivity index (χ4v) is 2.17. The number of benzene rings is 1. The summed E-state index contributed by atoms with van der Waals surface area (Å²) in [6, 6.07) is 7.88. The third-order valence-electron chi connectivity index (χ3n) is 3.31. The highest BCUT2D eigenvalue weighted by atomic mass is 16.1. The van der Waals surface area contributed by atoms with Gasteiger partial charge in [-0.05, 0) is 32.2 Å². The van der Waals surface area contributed by atoms with Gasteiger partial charge in [-0.15, -0.1) is 0 Å². The first-order valence-electron chi connectivity index (χ1n) is 6.52. The zero-order valence-corrected chi connectivity index (χ0v) is 11.1. The Morgan fingerprint density at radius 2 is 2.00 bits per heavy atom. The highest BCUT2D eigenvalue weighted by Crippen LogP contribution is 2.17. The summed E-state index contributed by atoms with van der Waals surface area (Å²) < 4.78 is 0. The molecule has 4 nitrogen and oxygen atoms in total. The second kappa shape index (κ2) is 5.87. The Bertz CT molecular complexity index is 411. The molecule has 0 saturated carbocycles. The molecule has 0 unspecified atom stereocenters.